The topological polar surface area (TPSA) is 120 Å². The van der Waals surface area contributed by atoms with Crippen LogP contribution in [0.5, 0.6) is 0 Å². The highest BCUT2D eigenvalue weighted by Crippen LogP contribution is 2.17. The normalized spacial score (nSPS) is 11.7. The fraction of sp³-hybridized carbons (Fsp3) is 0.375. The number of aromatic nitrogens is 6. The van der Waals surface area contributed by atoms with Crippen molar-refractivity contribution in [3.8, 4) is 5.82 Å². The number of rotatable bonds is 7. The molecule has 11 heteroatoms. The lowest BCUT2D eigenvalue weighted by Crippen LogP contribution is -2.29. The Balaban J connectivity index is 1.55. The van der Waals surface area contributed by atoms with Gasteiger partial charge < -0.3 is 5.32 Å². The minimum absolute atomic E-state index is 0.206. The van der Waals surface area contributed by atoms with Gasteiger partial charge in [-0.05, 0) is 39.0 Å². The zero-order valence-electron chi connectivity index (χ0n) is 15.6. The SMILES string of the molecule is Cc1ccn(-c2ccc(NCCNS(=O)(=O)c3c(C)nn(C)c3C)nn2)n1. The van der Waals surface area contributed by atoms with Gasteiger partial charge in [0, 0.05) is 26.3 Å². The van der Waals surface area contributed by atoms with Crippen molar-refractivity contribution >= 4 is 15.8 Å². The van der Waals surface area contributed by atoms with Crippen LogP contribution in [0.2, 0.25) is 0 Å². The van der Waals surface area contributed by atoms with Crippen molar-refractivity contribution in [1.82, 2.24) is 34.5 Å². The van der Waals surface area contributed by atoms with Crippen molar-refractivity contribution < 1.29 is 8.42 Å². The average molecular weight is 390 g/mol. The molecule has 0 aliphatic carbocycles. The average Bonchev–Trinajstić information content (AvgIpc) is 3.15. The van der Waals surface area contributed by atoms with Crippen molar-refractivity contribution in [3.63, 3.8) is 0 Å². The van der Waals surface area contributed by atoms with E-state index in [-0.39, 0.29) is 11.4 Å². The Labute approximate surface area is 157 Å². The lowest BCUT2D eigenvalue weighted by atomic mass is 10.4. The molecule has 0 bridgehead atoms. The molecule has 0 saturated carbocycles. The van der Waals surface area contributed by atoms with E-state index >= 15 is 0 Å². The Morgan fingerprint density at radius 3 is 2.37 bits per heavy atom. The molecule has 3 aromatic rings. The number of nitrogens with zero attached hydrogens (tertiary/aromatic N) is 6. The Hall–Kier alpha value is -2.79. The largest absolute Gasteiger partial charge is 0.367 e. The van der Waals surface area contributed by atoms with Crippen LogP contribution in [-0.2, 0) is 17.1 Å². The van der Waals surface area contributed by atoms with Crippen LogP contribution in [-0.4, -0.2) is 51.3 Å². The maximum absolute atomic E-state index is 12.5. The third-order valence-corrected chi connectivity index (χ3v) is 5.75. The predicted molar refractivity (Wildman–Crippen MR) is 100 cm³/mol. The Morgan fingerprint density at radius 1 is 1.04 bits per heavy atom. The van der Waals surface area contributed by atoms with Crippen molar-refractivity contribution in [2.75, 3.05) is 18.4 Å². The highest BCUT2D eigenvalue weighted by atomic mass is 32.2. The summed E-state index contributed by atoms with van der Waals surface area (Å²) in [5.74, 6) is 1.16. The van der Waals surface area contributed by atoms with Crippen LogP contribution in [0, 0.1) is 20.8 Å². The van der Waals surface area contributed by atoms with Gasteiger partial charge in [0.1, 0.15) is 10.7 Å². The minimum atomic E-state index is -3.62. The van der Waals surface area contributed by atoms with E-state index in [0.29, 0.717) is 29.6 Å². The molecular formula is C16H22N8O2S. The maximum atomic E-state index is 12.5. The van der Waals surface area contributed by atoms with Gasteiger partial charge in [-0.3, -0.25) is 4.68 Å². The molecule has 0 radical (unpaired) electrons. The molecule has 0 aliphatic heterocycles. The van der Waals surface area contributed by atoms with E-state index in [9.17, 15) is 8.42 Å². The van der Waals surface area contributed by atoms with E-state index < -0.39 is 10.0 Å². The standard InChI is InChI=1S/C16H22N8O2S/c1-11-7-10-24(21-11)15-6-5-14(19-20-15)17-8-9-18-27(25,26)16-12(2)22-23(4)13(16)3/h5-7,10,18H,8-9H2,1-4H3,(H,17,19). The summed E-state index contributed by atoms with van der Waals surface area (Å²) in [6, 6.07) is 5.43. The van der Waals surface area contributed by atoms with E-state index in [1.54, 1.807) is 42.4 Å². The smallest absolute Gasteiger partial charge is 0.244 e. The van der Waals surface area contributed by atoms with E-state index in [2.05, 4.69) is 30.4 Å². The molecule has 0 aliphatic rings. The van der Waals surface area contributed by atoms with Gasteiger partial charge in [-0.1, -0.05) is 0 Å². The molecule has 3 rings (SSSR count). The Bertz CT molecular complexity index is 1040. The molecule has 27 heavy (non-hydrogen) atoms. The summed E-state index contributed by atoms with van der Waals surface area (Å²) in [5.41, 5.74) is 1.97. The number of sulfonamides is 1. The molecule has 3 aromatic heterocycles. The number of aryl methyl sites for hydroxylation is 3. The molecule has 0 saturated heterocycles. The molecule has 0 unspecified atom stereocenters. The summed E-state index contributed by atoms with van der Waals surface area (Å²) in [6.07, 6.45) is 1.81. The second-order valence-corrected chi connectivity index (χ2v) is 7.83. The molecule has 0 amide bonds. The molecule has 2 N–H and O–H groups in total. The monoisotopic (exact) mass is 390 g/mol. The van der Waals surface area contributed by atoms with Crippen LogP contribution >= 0.6 is 0 Å². The lowest BCUT2D eigenvalue weighted by molar-refractivity contribution is 0.581. The number of hydrogen-bond donors (Lipinski definition) is 2. The van der Waals surface area contributed by atoms with E-state index in [0.717, 1.165) is 5.69 Å². The summed E-state index contributed by atoms with van der Waals surface area (Å²) >= 11 is 0. The van der Waals surface area contributed by atoms with Gasteiger partial charge in [-0.15, -0.1) is 10.2 Å². The number of nitrogens with one attached hydrogen (secondary N) is 2. The molecule has 144 valence electrons. The van der Waals surface area contributed by atoms with Crippen molar-refractivity contribution in [3.05, 3.63) is 41.5 Å². The Morgan fingerprint density at radius 2 is 1.81 bits per heavy atom. The molecule has 0 atom stereocenters. The third kappa shape index (κ3) is 4.14. The molecule has 0 spiro atoms. The minimum Gasteiger partial charge on any atom is -0.367 e. The Kier molecular flexibility index (Phi) is 5.24. The van der Waals surface area contributed by atoms with Crippen LogP contribution in [0.1, 0.15) is 17.1 Å². The molecule has 0 fully saturated rings. The van der Waals surface area contributed by atoms with Crippen LogP contribution in [0.4, 0.5) is 5.82 Å². The van der Waals surface area contributed by atoms with Gasteiger partial charge in [0.2, 0.25) is 10.0 Å². The summed E-state index contributed by atoms with van der Waals surface area (Å²) in [4.78, 5) is 0.226. The zero-order valence-corrected chi connectivity index (χ0v) is 16.4. The van der Waals surface area contributed by atoms with Crippen LogP contribution in [0.3, 0.4) is 0 Å². The second-order valence-electron chi connectivity index (χ2n) is 6.13. The first-order chi connectivity index (χ1) is 12.8. The van der Waals surface area contributed by atoms with Gasteiger partial charge in [-0.25, -0.2) is 17.8 Å². The first-order valence-electron chi connectivity index (χ1n) is 8.38. The quantitative estimate of drug-likeness (QED) is 0.570. The van der Waals surface area contributed by atoms with Gasteiger partial charge in [-0.2, -0.15) is 10.2 Å². The van der Waals surface area contributed by atoms with Gasteiger partial charge in [0.15, 0.2) is 5.82 Å². The summed E-state index contributed by atoms with van der Waals surface area (Å²) in [7, 11) is -1.90. The first-order valence-corrected chi connectivity index (χ1v) is 9.86. The molecule has 3 heterocycles. The van der Waals surface area contributed by atoms with Crippen molar-refractivity contribution in [2.45, 2.75) is 25.7 Å². The van der Waals surface area contributed by atoms with Gasteiger partial charge >= 0.3 is 0 Å². The lowest BCUT2D eigenvalue weighted by Gasteiger charge is -2.09. The van der Waals surface area contributed by atoms with Crippen LogP contribution in [0.15, 0.2) is 29.3 Å². The fourth-order valence-electron chi connectivity index (χ4n) is 2.68. The summed E-state index contributed by atoms with van der Waals surface area (Å²) in [5, 5.41) is 19.6. The first kappa shape index (κ1) is 19.0. The maximum Gasteiger partial charge on any atom is 0.244 e. The highest BCUT2D eigenvalue weighted by Gasteiger charge is 2.23. The van der Waals surface area contributed by atoms with Gasteiger partial charge in [0.25, 0.3) is 0 Å². The van der Waals surface area contributed by atoms with E-state index in [1.807, 2.05) is 19.2 Å². The fourth-order valence-corrected chi connectivity index (χ4v) is 4.14. The third-order valence-electron chi connectivity index (χ3n) is 4.04. The molecule has 10 nitrogen and oxygen atoms in total. The van der Waals surface area contributed by atoms with Crippen molar-refractivity contribution in [2.24, 2.45) is 7.05 Å². The van der Waals surface area contributed by atoms with E-state index in [1.165, 1.54) is 0 Å². The number of hydrogen-bond acceptors (Lipinski definition) is 7. The van der Waals surface area contributed by atoms with Crippen LogP contribution < -0.4 is 10.0 Å². The molecular weight excluding hydrogens is 368 g/mol. The van der Waals surface area contributed by atoms with E-state index in [4.69, 9.17) is 0 Å². The summed E-state index contributed by atoms with van der Waals surface area (Å²) < 4.78 is 30.7. The van der Waals surface area contributed by atoms with Gasteiger partial charge in [0.05, 0.1) is 17.1 Å². The zero-order chi connectivity index (χ0) is 19.6. The van der Waals surface area contributed by atoms with Crippen LogP contribution in [0.25, 0.3) is 5.82 Å². The predicted octanol–water partition coefficient (Wildman–Crippen LogP) is 0.711. The van der Waals surface area contributed by atoms with Crippen molar-refractivity contribution in [1.29, 1.82) is 0 Å². The highest BCUT2D eigenvalue weighted by molar-refractivity contribution is 7.89. The summed E-state index contributed by atoms with van der Waals surface area (Å²) in [6.45, 7) is 5.88. The second kappa shape index (κ2) is 7.45. The number of anilines is 1. The molecule has 0 aromatic carbocycles.